The van der Waals surface area contributed by atoms with Crippen LogP contribution in [0.1, 0.15) is 34.5 Å². The number of rotatable bonds is 16. The van der Waals surface area contributed by atoms with E-state index >= 15 is 0 Å². The molecule has 0 saturated carbocycles. The third kappa shape index (κ3) is 8.23. The number of aromatic nitrogens is 2. The predicted molar refractivity (Wildman–Crippen MR) is 222 cm³/mol. The second kappa shape index (κ2) is 18.3. The molecule has 58 heavy (non-hydrogen) atoms. The molecule has 4 aromatic carbocycles. The van der Waals surface area contributed by atoms with Crippen LogP contribution in [-0.4, -0.2) is 80.9 Å². The molecule has 0 spiro atoms. The molecule has 5 aromatic rings. The quantitative estimate of drug-likeness (QED) is 0.0282. The van der Waals surface area contributed by atoms with Crippen molar-refractivity contribution >= 4 is 51.9 Å². The van der Waals surface area contributed by atoms with Crippen molar-refractivity contribution in [2.45, 2.75) is 30.0 Å². The van der Waals surface area contributed by atoms with Crippen molar-refractivity contribution in [2.75, 3.05) is 31.9 Å². The Labute approximate surface area is 343 Å². The number of allylic oxidation sites excluding steroid dienone is 1. The number of oxime groups is 1. The summed E-state index contributed by atoms with van der Waals surface area (Å²) in [4.78, 5) is 52.6. The molecule has 0 radical (unpaired) electrons. The van der Waals surface area contributed by atoms with Gasteiger partial charge in [-0.05, 0) is 46.4 Å². The van der Waals surface area contributed by atoms with Crippen molar-refractivity contribution in [1.82, 2.24) is 19.6 Å². The van der Waals surface area contributed by atoms with E-state index in [2.05, 4.69) is 20.2 Å². The van der Waals surface area contributed by atoms with Crippen molar-refractivity contribution in [3.05, 3.63) is 167 Å². The largest absolute Gasteiger partial charge is 0.497 e. The van der Waals surface area contributed by atoms with Gasteiger partial charge in [-0.25, -0.2) is 4.79 Å². The Morgan fingerprint density at radius 3 is 2.10 bits per heavy atom. The highest BCUT2D eigenvalue weighted by atomic mass is 32.2. The van der Waals surface area contributed by atoms with Crippen LogP contribution >= 0.6 is 23.3 Å². The Kier molecular flexibility index (Phi) is 12.6. The Bertz CT molecular complexity index is 2220. The predicted octanol–water partition coefficient (Wildman–Crippen LogP) is 5.64. The molecule has 1 aromatic heterocycles. The summed E-state index contributed by atoms with van der Waals surface area (Å²) >= 11 is 2.45. The van der Waals surface area contributed by atoms with Gasteiger partial charge in [0.2, 0.25) is 16.7 Å². The lowest BCUT2D eigenvalue weighted by Crippen LogP contribution is -2.71. The number of β-lactam (4-membered cyclic amide) rings is 1. The number of ether oxygens (including phenoxy) is 2. The Hall–Kier alpha value is -6.29. The van der Waals surface area contributed by atoms with E-state index in [-0.39, 0.29) is 30.4 Å². The maximum atomic E-state index is 13.9. The Morgan fingerprint density at radius 2 is 1.53 bits per heavy atom. The van der Waals surface area contributed by atoms with E-state index in [9.17, 15) is 19.5 Å². The van der Waals surface area contributed by atoms with Crippen molar-refractivity contribution in [3.63, 3.8) is 0 Å². The minimum Gasteiger partial charge on any atom is -0.497 e. The number of hydrogen-bond acceptors (Lipinski definition) is 13. The average Bonchev–Trinajstić information content (AvgIpc) is 3.74. The number of anilines is 1. The third-order valence-electron chi connectivity index (χ3n) is 9.64. The maximum absolute atomic E-state index is 13.9. The lowest BCUT2D eigenvalue weighted by molar-refractivity contribution is -0.153. The van der Waals surface area contributed by atoms with Crippen LogP contribution in [0.4, 0.5) is 5.13 Å². The van der Waals surface area contributed by atoms with E-state index in [1.54, 1.807) is 43.5 Å². The first-order chi connectivity index (χ1) is 28.4. The number of aliphatic hydroxyl groups excluding tert-OH is 1. The summed E-state index contributed by atoms with van der Waals surface area (Å²) in [6.45, 7) is -0.189. The first-order valence-electron chi connectivity index (χ1n) is 18.3. The van der Waals surface area contributed by atoms with Gasteiger partial charge < -0.3 is 30.1 Å². The third-order valence-corrected chi connectivity index (χ3v) is 11.6. The second-order valence-corrected chi connectivity index (χ2v) is 15.0. The highest BCUT2D eigenvalue weighted by Crippen LogP contribution is 2.43. The van der Waals surface area contributed by atoms with Gasteiger partial charge in [0.25, 0.3) is 11.8 Å². The molecule has 3 heterocycles. The normalized spacial score (nSPS) is 16.7. The maximum Gasteiger partial charge on any atom is 0.355 e. The van der Waals surface area contributed by atoms with Crippen molar-refractivity contribution in [2.24, 2.45) is 5.16 Å². The average molecular weight is 817 g/mol. The van der Waals surface area contributed by atoms with E-state index in [0.29, 0.717) is 28.6 Å². The van der Waals surface area contributed by atoms with Gasteiger partial charge in [0.15, 0.2) is 0 Å². The molecule has 0 aliphatic carbocycles. The Morgan fingerprint density at radius 1 is 0.914 bits per heavy atom. The van der Waals surface area contributed by atoms with Gasteiger partial charge in [-0.3, -0.25) is 14.5 Å². The standard InChI is InChI=1S/C43H40N6O7S2/c1-54-33-23-21-28(22-24-33)26-56-41(53)36-29(14-12-13-25-50)27-57-40-35(39(52)49(36)40)44-38(51)34(47-55-2)37-45-42(58-48-37)46-43(30-15-6-3-7-16-30,31-17-8-4-9-18-31)32-19-10-5-11-20-32/h3-13,15-24,35,40,50H,14,25-27H2,1-2H3,(H,44,51)(H,45,46,48)/b13-12+,47-34-/t35-,40+/m1/s1. The molecule has 296 valence electrons. The van der Waals surface area contributed by atoms with Crippen LogP contribution in [0.2, 0.25) is 0 Å². The first-order valence-corrected chi connectivity index (χ1v) is 20.1. The lowest BCUT2D eigenvalue weighted by atomic mass is 9.77. The number of hydrogen-bond donors (Lipinski definition) is 3. The van der Waals surface area contributed by atoms with Crippen molar-refractivity contribution in [1.29, 1.82) is 0 Å². The molecule has 0 unspecified atom stereocenters. The molecule has 2 aliphatic rings. The topological polar surface area (TPSA) is 165 Å². The SMILES string of the molecule is CO/N=C(\C(=O)N[C@@H]1C(=O)N2C(C(=O)OCc3ccc(OC)cc3)=C(C/C=C/CO)CS[C@@H]12)c1nsc(NC(c2ccccc2)(c2ccccc2)c2ccccc2)n1. The van der Waals surface area contributed by atoms with E-state index in [4.69, 9.17) is 19.3 Å². The number of methoxy groups -OCH3 is 1. The minimum absolute atomic E-state index is 0.00416. The molecule has 7 rings (SSSR count). The molecule has 3 N–H and O–H groups in total. The van der Waals surface area contributed by atoms with Crippen LogP contribution in [0.5, 0.6) is 5.75 Å². The second-order valence-electron chi connectivity index (χ2n) is 13.1. The van der Waals surface area contributed by atoms with Crippen LogP contribution in [-0.2, 0) is 36.1 Å². The zero-order valence-electron chi connectivity index (χ0n) is 31.6. The molecule has 2 amide bonds. The number of nitrogens with zero attached hydrogens (tertiary/aromatic N) is 4. The first kappa shape index (κ1) is 39.9. The molecule has 1 fully saturated rings. The van der Waals surface area contributed by atoms with Crippen LogP contribution < -0.4 is 15.4 Å². The van der Waals surface area contributed by atoms with E-state index in [1.807, 2.05) is 91.0 Å². The summed E-state index contributed by atoms with van der Waals surface area (Å²) in [5.74, 6) is -0.839. The number of aliphatic hydroxyl groups is 1. The molecular formula is C43H40N6O7S2. The fourth-order valence-electron chi connectivity index (χ4n) is 6.86. The Balaban J connectivity index is 1.11. The molecule has 2 atom stereocenters. The summed E-state index contributed by atoms with van der Waals surface area (Å²) in [6, 6.07) is 36.1. The van der Waals surface area contributed by atoms with Crippen LogP contribution in [0, 0.1) is 0 Å². The molecule has 1 saturated heterocycles. The summed E-state index contributed by atoms with van der Waals surface area (Å²) in [7, 11) is 2.87. The number of benzene rings is 4. The number of esters is 1. The fraction of sp³-hybridized carbons (Fsp3) is 0.209. The van der Waals surface area contributed by atoms with E-state index < -0.39 is 34.7 Å². The number of carbonyl (C=O) groups excluding carboxylic acids is 3. The summed E-state index contributed by atoms with van der Waals surface area (Å²) in [5, 5.41) is 19.5. The number of carbonyl (C=O) groups is 3. The van der Waals surface area contributed by atoms with Gasteiger partial charge >= 0.3 is 5.97 Å². The van der Waals surface area contributed by atoms with Crippen LogP contribution in [0.15, 0.2) is 144 Å². The van der Waals surface area contributed by atoms with Crippen LogP contribution in [0.3, 0.4) is 0 Å². The summed E-state index contributed by atoms with van der Waals surface area (Å²) < 4.78 is 15.4. The van der Waals surface area contributed by atoms with Gasteiger partial charge in [-0.1, -0.05) is 120 Å². The van der Waals surface area contributed by atoms with Gasteiger partial charge in [0.1, 0.15) is 42.1 Å². The highest BCUT2D eigenvalue weighted by Gasteiger charge is 2.54. The van der Waals surface area contributed by atoms with E-state index in [1.165, 1.54) is 23.8 Å². The van der Waals surface area contributed by atoms with Crippen LogP contribution in [0.25, 0.3) is 0 Å². The molecule has 13 nitrogen and oxygen atoms in total. The van der Waals surface area contributed by atoms with Gasteiger partial charge in [-0.2, -0.15) is 9.36 Å². The molecular weight excluding hydrogens is 777 g/mol. The van der Waals surface area contributed by atoms with Gasteiger partial charge in [0.05, 0.1) is 13.7 Å². The number of fused-ring (bicyclic) bond motifs is 1. The molecule has 0 bridgehead atoms. The number of thioether (sulfide) groups is 1. The summed E-state index contributed by atoms with van der Waals surface area (Å²) in [6.07, 6.45) is 3.63. The minimum atomic E-state index is -0.989. The van der Waals surface area contributed by atoms with Gasteiger partial charge in [0, 0.05) is 17.3 Å². The highest BCUT2D eigenvalue weighted by molar-refractivity contribution is 8.00. The van der Waals surface area contributed by atoms with E-state index in [0.717, 1.165) is 33.8 Å². The zero-order valence-corrected chi connectivity index (χ0v) is 33.2. The molecule has 15 heteroatoms. The lowest BCUT2D eigenvalue weighted by Gasteiger charge is -2.49. The number of nitrogens with one attached hydrogen (secondary N) is 2. The van der Waals surface area contributed by atoms with Crippen molar-refractivity contribution in [3.8, 4) is 5.75 Å². The van der Waals surface area contributed by atoms with Crippen molar-refractivity contribution < 1.29 is 33.8 Å². The number of amides is 2. The molecule has 2 aliphatic heterocycles. The fourth-order valence-corrected chi connectivity index (χ4v) is 8.85. The zero-order chi connectivity index (χ0) is 40.5. The smallest absolute Gasteiger partial charge is 0.355 e. The monoisotopic (exact) mass is 816 g/mol. The van der Waals surface area contributed by atoms with Gasteiger partial charge in [-0.15, -0.1) is 11.8 Å². The summed E-state index contributed by atoms with van der Waals surface area (Å²) in [5.41, 5.74) is 3.27.